The fourth-order valence-corrected chi connectivity index (χ4v) is 1.93. The van der Waals surface area contributed by atoms with Gasteiger partial charge in [-0.3, -0.25) is 0 Å². The van der Waals surface area contributed by atoms with Gasteiger partial charge >= 0.3 is 7.12 Å². The van der Waals surface area contributed by atoms with Gasteiger partial charge in [-0.05, 0) is 60.4 Å². The number of carbonyl (C=O) groups is 1. The van der Waals surface area contributed by atoms with Crippen LogP contribution in [0.25, 0.3) is 0 Å². The Bertz CT molecular complexity index is 360. The van der Waals surface area contributed by atoms with Crippen LogP contribution in [-0.2, 0) is 14.1 Å². The molecule has 0 aromatic rings. The maximum atomic E-state index is 9.24. The van der Waals surface area contributed by atoms with Crippen molar-refractivity contribution in [3.8, 4) is 0 Å². The number of rotatable bonds is 5. The molecular weight excluding hydrogens is 305 g/mol. The van der Waals surface area contributed by atoms with Crippen LogP contribution in [0.3, 0.4) is 0 Å². The van der Waals surface area contributed by atoms with E-state index in [2.05, 4.69) is 32.2 Å². The van der Waals surface area contributed by atoms with E-state index in [1.807, 2.05) is 48.3 Å². The van der Waals surface area contributed by atoms with Gasteiger partial charge in [0, 0.05) is 18.7 Å². The van der Waals surface area contributed by atoms with E-state index >= 15 is 0 Å². The molecule has 1 aliphatic rings. The van der Waals surface area contributed by atoms with E-state index in [4.69, 9.17) is 14.1 Å². The van der Waals surface area contributed by atoms with Crippen LogP contribution in [0.15, 0.2) is 11.5 Å². The number of hydrogen-bond acceptors (Lipinski definition) is 5. The zero-order valence-electron chi connectivity index (χ0n) is 17.2. The normalized spacial score (nSPS) is 19.1. The van der Waals surface area contributed by atoms with Crippen molar-refractivity contribution in [1.82, 2.24) is 5.32 Å². The minimum Gasteiger partial charge on any atom is -0.400 e. The first-order valence-electron chi connectivity index (χ1n) is 8.68. The van der Waals surface area contributed by atoms with Gasteiger partial charge in [-0.15, -0.1) is 0 Å². The largest absolute Gasteiger partial charge is 0.490 e. The molecule has 5 nitrogen and oxygen atoms in total. The Hall–Kier alpha value is -0.685. The zero-order chi connectivity index (χ0) is 19.6. The highest BCUT2D eigenvalue weighted by atomic mass is 16.7. The second-order valence-corrected chi connectivity index (χ2v) is 7.47. The number of nitrogens with one attached hydrogen (secondary N) is 1. The monoisotopic (exact) mass is 343 g/mol. The molecule has 0 unspecified atom stereocenters. The molecule has 0 aliphatic carbocycles. The molecule has 6 heteroatoms. The van der Waals surface area contributed by atoms with Crippen LogP contribution < -0.4 is 5.32 Å². The Kier molecular flexibility index (Phi) is 11.7. The van der Waals surface area contributed by atoms with Crippen LogP contribution in [0, 0.1) is 0 Å². The minimum absolute atomic E-state index is 0.0662. The molecule has 1 fully saturated rings. The summed E-state index contributed by atoms with van der Waals surface area (Å²) in [6.07, 6.45) is 2.65. The molecule has 1 saturated heterocycles. The van der Waals surface area contributed by atoms with Gasteiger partial charge in [0.05, 0.1) is 11.2 Å². The van der Waals surface area contributed by atoms with Crippen molar-refractivity contribution in [3.05, 3.63) is 11.5 Å². The molecule has 1 heterocycles. The van der Waals surface area contributed by atoms with Crippen LogP contribution in [0.5, 0.6) is 0 Å². The van der Waals surface area contributed by atoms with Crippen molar-refractivity contribution < 1.29 is 19.2 Å². The fourth-order valence-electron chi connectivity index (χ4n) is 1.93. The van der Waals surface area contributed by atoms with Gasteiger partial charge in [-0.2, -0.15) is 0 Å². The lowest BCUT2D eigenvalue weighted by Crippen LogP contribution is -2.41. The lowest BCUT2D eigenvalue weighted by molar-refractivity contribution is -0.0980. The molecule has 0 bridgehead atoms. The maximum Gasteiger partial charge on any atom is 0.490 e. The number of aliphatic hydroxyl groups excluding tert-OH is 1. The summed E-state index contributed by atoms with van der Waals surface area (Å²) in [7, 11) is -0.367. The van der Waals surface area contributed by atoms with Crippen molar-refractivity contribution in [1.29, 1.82) is 0 Å². The average molecular weight is 343 g/mol. The van der Waals surface area contributed by atoms with Gasteiger partial charge in [0.15, 0.2) is 0 Å². The van der Waals surface area contributed by atoms with Crippen LogP contribution in [0.2, 0.25) is 0 Å². The minimum atomic E-state index is -0.367. The standard InChI is InChI=1S/C15H30BNO3.C2H6.CH2O/c1-13(2,3)17-10-8-12(9-11-18)16-19-14(4,5)15(6,7)20-16;2*1-2/h8,17-18H,9-11H2,1-7H3;1-2H3;1H2/b12-8+;;. The van der Waals surface area contributed by atoms with E-state index in [1.165, 1.54) is 0 Å². The summed E-state index contributed by atoms with van der Waals surface area (Å²) in [6.45, 7) is 21.4. The Balaban J connectivity index is 0. The molecule has 0 saturated carbocycles. The SMILES string of the molecule is C=O.CC.CC(C)(C)NC/C=C(\CCO)B1OC(C)(C)C(C)(C)O1. The Labute approximate surface area is 149 Å². The zero-order valence-corrected chi connectivity index (χ0v) is 17.2. The van der Waals surface area contributed by atoms with Crippen molar-refractivity contribution in [2.75, 3.05) is 13.2 Å². The molecule has 24 heavy (non-hydrogen) atoms. The third-order valence-corrected chi connectivity index (χ3v) is 3.95. The van der Waals surface area contributed by atoms with Gasteiger partial charge in [-0.25, -0.2) is 0 Å². The van der Waals surface area contributed by atoms with E-state index in [0.717, 1.165) is 12.0 Å². The molecule has 0 aromatic carbocycles. The van der Waals surface area contributed by atoms with Crippen LogP contribution >= 0.6 is 0 Å². The van der Waals surface area contributed by atoms with Crippen molar-refractivity contribution in [2.45, 2.75) is 85.5 Å². The summed E-state index contributed by atoms with van der Waals surface area (Å²) in [5.74, 6) is 0. The molecule has 0 aromatic heterocycles. The quantitative estimate of drug-likeness (QED) is 0.751. The molecular formula is C18H38BNO4. The third kappa shape index (κ3) is 8.42. The molecule has 1 rings (SSSR count). The van der Waals surface area contributed by atoms with Crippen molar-refractivity contribution >= 4 is 13.9 Å². The van der Waals surface area contributed by atoms with Gasteiger partial charge in [0.25, 0.3) is 0 Å². The third-order valence-electron chi connectivity index (χ3n) is 3.95. The molecule has 0 amide bonds. The predicted octanol–water partition coefficient (Wildman–Crippen LogP) is 3.16. The molecule has 0 spiro atoms. The van der Waals surface area contributed by atoms with Gasteiger partial charge in [-0.1, -0.05) is 19.9 Å². The number of carbonyl (C=O) groups excluding carboxylic acids is 1. The summed E-state index contributed by atoms with van der Waals surface area (Å²) in [4.78, 5) is 8.00. The maximum absolute atomic E-state index is 9.24. The van der Waals surface area contributed by atoms with Crippen LogP contribution in [0.4, 0.5) is 0 Å². The van der Waals surface area contributed by atoms with Crippen LogP contribution in [0.1, 0.15) is 68.7 Å². The topological polar surface area (TPSA) is 67.8 Å². The molecule has 2 N–H and O–H groups in total. The smallest absolute Gasteiger partial charge is 0.400 e. The van der Waals surface area contributed by atoms with Crippen molar-refractivity contribution in [2.24, 2.45) is 0 Å². The highest BCUT2D eigenvalue weighted by molar-refractivity contribution is 6.54. The average Bonchev–Trinajstić information content (AvgIpc) is 2.69. The highest BCUT2D eigenvalue weighted by Gasteiger charge is 2.52. The molecule has 0 atom stereocenters. The van der Waals surface area contributed by atoms with E-state index in [1.54, 1.807) is 0 Å². The highest BCUT2D eigenvalue weighted by Crippen LogP contribution is 2.38. The predicted molar refractivity (Wildman–Crippen MR) is 102 cm³/mol. The first-order valence-corrected chi connectivity index (χ1v) is 8.68. The summed E-state index contributed by atoms with van der Waals surface area (Å²) in [5, 5.41) is 12.7. The molecule has 0 radical (unpaired) electrons. The second kappa shape index (κ2) is 11.0. The molecule has 142 valence electrons. The summed E-state index contributed by atoms with van der Waals surface area (Å²) >= 11 is 0. The van der Waals surface area contributed by atoms with Gasteiger partial charge in [0.1, 0.15) is 6.79 Å². The summed E-state index contributed by atoms with van der Waals surface area (Å²) < 4.78 is 12.1. The van der Waals surface area contributed by atoms with E-state index in [0.29, 0.717) is 6.42 Å². The number of hydrogen-bond donors (Lipinski definition) is 2. The Morgan fingerprint density at radius 1 is 1.12 bits per heavy atom. The Morgan fingerprint density at radius 3 is 1.88 bits per heavy atom. The van der Waals surface area contributed by atoms with Crippen molar-refractivity contribution in [3.63, 3.8) is 0 Å². The lowest BCUT2D eigenvalue weighted by atomic mass is 9.76. The summed E-state index contributed by atoms with van der Waals surface area (Å²) in [5.41, 5.74) is 0.382. The first-order chi connectivity index (χ1) is 11.0. The van der Waals surface area contributed by atoms with Gasteiger partial charge in [0.2, 0.25) is 0 Å². The van der Waals surface area contributed by atoms with Gasteiger partial charge < -0.3 is 24.5 Å². The second-order valence-electron chi connectivity index (χ2n) is 7.47. The first kappa shape index (κ1) is 25.6. The van der Waals surface area contributed by atoms with E-state index in [9.17, 15) is 5.11 Å². The summed E-state index contributed by atoms with van der Waals surface area (Å²) in [6, 6.07) is 0. The number of aliphatic hydroxyl groups is 1. The van der Waals surface area contributed by atoms with Crippen LogP contribution in [-0.4, -0.2) is 48.9 Å². The lowest BCUT2D eigenvalue weighted by Gasteiger charge is -2.32. The van der Waals surface area contributed by atoms with E-state index in [-0.39, 0.29) is 30.5 Å². The molecule has 1 aliphatic heterocycles. The fraction of sp³-hybridized carbons (Fsp3) is 0.833. The van der Waals surface area contributed by atoms with E-state index < -0.39 is 0 Å². The Morgan fingerprint density at radius 2 is 1.54 bits per heavy atom.